The van der Waals surface area contributed by atoms with Crippen molar-refractivity contribution in [2.24, 2.45) is 5.92 Å². The predicted molar refractivity (Wildman–Crippen MR) is 109 cm³/mol. The van der Waals surface area contributed by atoms with Crippen molar-refractivity contribution in [1.29, 1.82) is 0 Å². The second kappa shape index (κ2) is 8.06. The fourth-order valence-electron chi connectivity index (χ4n) is 3.60. The van der Waals surface area contributed by atoms with Crippen LogP contribution in [0.3, 0.4) is 0 Å². The molecule has 2 N–H and O–H groups in total. The second-order valence-corrected chi connectivity index (χ2v) is 7.37. The van der Waals surface area contributed by atoms with E-state index in [2.05, 4.69) is 16.0 Å². The van der Waals surface area contributed by atoms with Crippen LogP contribution in [0.15, 0.2) is 53.3 Å². The molecular weight excluding hydrogens is 387 g/mol. The van der Waals surface area contributed by atoms with Crippen molar-refractivity contribution in [3.05, 3.63) is 76.0 Å². The summed E-state index contributed by atoms with van der Waals surface area (Å²) in [6, 6.07) is 12.8. The number of nitrogens with zero attached hydrogens (tertiary/aromatic N) is 2. The summed E-state index contributed by atoms with van der Waals surface area (Å²) in [5, 5.41) is 5.03. The highest BCUT2D eigenvalue weighted by atomic mass is 19.1. The maximum absolute atomic E-state index is 13.1. The molecule has 0 bridgehead atoms. The van der Waals surface area contributed by atoms with Gasteiger partial charge in [0.2, 0.25) is 5.91 Å². The van der Waals surface area contributed by atoms with Crippen molar-refractivity contribution in [2.75, 3.05) is 0 Å². The SMILES string of the molecule is CCCn1nc(C(=O)NNC(=O)C2CC2c2ccc(F)cc2)c2ccccc2c1=O. The van der Waals surface area contributed by atoms with Gasteiger partial charge in [0.1, 0.15) is 5.82 Å². The van der Waals surface area contributed by atoms with Crippen molar-refractivity contribution in [2.45, 2.75) is 32.2 Å². The number of hydrazine groups is 1. The number of aryl methyl sites for hydroxylation is 1. The van der Waals surface area contributed by atoms with E-state index in [0.717, 1.165) is 5.56 Å². The molecule has 2 amide bonds. The molecule has 0 saturated heterocycles. The van der Waals surface area contributed by atoms with Crippen molar-refractivity contribution in [3.63, 3.8) is 0 Å². The third-order valence-electron chi connectivity index (χ3n) is 5.24. The molecule has 2 aromatic carbocycles. The van der Waals surface area contributed by atoms with E-state index in [1.807, 2.05) is 6.92 Å². The molecule has 30 heavy (non-hydrogen) atoms. The number of carbonyl (C=O) groups excluding carboxylic acids is 2. The maximum Gasteiger partial charge on any atom is 0.290 e. The zero-order valence-electron chi connectivity index (χ0n) is 16.4. The van der Waals surface area contributed by atoms with Gasteiger partial charge in [0.05, 0.1) is 5.39 Å². The van der Waals surface area contributed by atoms with Crippen molar-refractivity contribution < 1.29 is 14.0 Å². The quantitative estimate of drug-likeness (QED) is 0.635. The van der Waals surface area contributed by atoms with Gasteiger partial charge in [-0.1, -0.05) is 37.3 Å². The Morgan fingerprint density at radius 2 is 1.80 bits per heavy atom. The van der Waals surface area contributed by atoms with Gasteiger partial charge in [0, 0.05) is 17.8 Å². The van der Waals surface area contributed by atoms with Gasteiger partial charge in [-0.2, -0.15) is 5.10 Å². The summed E-state index contributed by atoms with van der Waals surface area (Å²) < 4.78 is 14.3. The van der Waals surface area contributed by atoms with Crippen LogP contribution >= 0.6 is 0 Å². The molecule has 1 heterocycles. The Bertz CT molecular complexity index is 1170. The van der Waals surface area contributed by atoms with Gasteiger partial charge in [-0.25, -0.2) is 9.07 Å². The number of hydrogen-bond acceptors (Lipinski definition) is 4. The first-order valence-corrected chi connectivity index (χ1v) is 9.85. The minimum absolute atomic E-state index is 0.00733. The fraction of sp³-hybridized carbons (Fsp3) is 0.273. The summed E-state index contributed by atoms with van der Waals surface area (Å²) in [5.41, 5.74) is 5.56. The van der Waals surface area contributed by atoms with Crippen LogP contribution in [0.5, 0.6) is 0 Å². The van der Waals surface area contributed by atoms with E-state index in [1.54, 1.807) is 36.4 Å². The average Bonchev–Trinajstić information content (AvgIpc) is 3.55. The summed E-state index contributed by atoms with van der Waals surface area (Å²) in [6.07, 6.45) is 1.32. The minimum Gasteiger partial charge on any atom is -0.273 e. The highest BCUT2D eigenvalue weighted by Crippen LogP contribution is 2.47. The van der Waals surface area contributed by atoms with Crippen LogP contribution in [0.4, 0.5) is 4.39 Å². The smallest absolute Gasteiger partial charge is 0.273 e. The average molecular weight is 408 g/mol. The molecular formula is C22H21FN4O3. The summed E-state index contributed by atoms with van der Waals surface area (Å²) in [6.45, 7) is 2.30. The topological polar surface area (TPSA) is 93.1 Å². The summed E-state index contributed by atoms with van der Waals surface area (Å²) in [7, 11) is 0. The molecule has 3 aromatic rings. The minimum atomic E-state index is -0.594. The monoisotopic (exact) mass is 408 g/mol. The van der Waals surface area contributed by atoms with Gasteiger partial charge in [0.15, 0.2) is 5.69 Å². The Hall–Kier alpha value is -3.55. The zero-order chi connectivity index (χ0) is 21.3. The van der Waals surface area contributed by atoms with Crippen LogP contribution in [-0.2, 0) is 11.3 Å². The number of amides is 2. The lowest BCUT2D eigenvalue weighted by molar-refractivity contribution is -0.123. The standard InChI is InChI=1S/C22H21FN4O3/c1-2-11-27-22(30)16-6-4-3-5-15(16)19(26-27)21(29)25-24-20(28)18-12-17(18)13-7-9-14(23)10-8-13/h3-10,17-18H,2,11-12H2,1H3,(H,24,28)(H,25,29). The Labute approximate surface area is 171 Å². The number of halogens is 1. The molecule has 0 aliphatic heterocycles. The van der Waals surface area contributed by atoms with E-state index < -0.39 is 5.91 Å². The molecule has 154 valence electrons. The third kappa shape index (κ3) is 3.80. The van der Waals surface area contributed by atoms with E-state index in [9.17, 15) is 18.8 Å². The highest BCUT2D eigenvalue weighted by molar-refractivity contribution is 6.05. The lowest BCUT2D eigenvalue weighted by Crippen LogP contribution is -2.43. The molecule has 2 atom stereocenters. The summed E-state index contributed by atoms with van der Waals surface area (Å²) >= 11 is 0. The van der Waals surface area contributed by atoms with E-state index in [4.69, 9.17) is 0 Å². The molecule has 1 saturated carbocycles. The predicted octanol–water partition coefficient (Wildman–Crippen LogP) is 2.51. The number of fused-ring (bicyclic) bond motifs is 1. The second-order valence-electron chi connectivity index (χ2n) is 7.37. The first kappa shape index (κ1) is 19.8. The molecule has 0 spiro atoms. The molecule has 1 aromatic heterocycles. The van der Waals surface area contributed by atoms with Crippen molar-refractivity contribution in [1.82, 2.24) is 20.6 Å². The molecule has 7 nitrogen and oxygen atoms in total. The molecule has 0 radical (unpaired) electrons. The lowest BCUT2D eigenvalue weighted by Gasteiger charge is -2.11. The van der Waals surface area contributed by atoms with Gasteiger partial charge in [-0.15, -0.1) is 0 Å². The number of carbonyl (C=O) groups is 2. The first-order chi connectivity index (χ1) is 14.5. The maximum atomic E-state index is 13.1. The van der Waals surface area contributed by atoms with Crippen LogP contribution < -0.4 is 16.4 Å². The Kier molecular flexibility index (Phi) is 5.31. The fourth-order valence-corrected chi connectivity index (χ4v) is 3.60. The third-order valence-corrected chi connectivity index (χ3v) is 5.24. The van der Waals surface area contributed by atoms with E-state index in [-0.39, 0.29) is 34.8 Å². The van der Waals surface area contributed by atoms with Crippen LogP contribution in [0.25, 0.3) is 10.8 Å². The number of nitrogens with one attached hydrogen (secondary N) is 2. The Morgan fingerprint density at radius 1 is 1.10 bits per heavy atom. The number of benzene rings is 2. The van der Waals surface area contributed by atoms with Gasteiger partial charge < -0.3 is 0 Å². The van der Waals surface area contributed by atoms with E-state index in [0.29, 0.717) is 30.2 Å². The highest BCUT2D eigenvalue weighted by Gasteiger charge is 2.44. The van der Waals surface area contributed by atoms with Crippen LogP contribution in [0.1, 0.15) is 41.7 Å². The van der Waals surface area contributed by atoms with Crippen molar-refractivity contribution >= 4 is 22.6 Å². The Balaban J connectivity index is 1.47. The molecule has 4 rings (SSSR count). The molecule has 1 aliphatic carbocycles. The molecule has 8 heteroatoms. The zero-order valence-corrected chi connectivity index (χ0v) is 16.4. The molecule has 1 aliphatic rings. The van der Waals surface area contributed by atoms with Crippen LogP contribution in [0, 0.1) is 11.7 Å². The Morgan fingerprint density at radius 3 is 2.50 bits per heavy atom. The normalized spacial score (nSPS) is 17.5. The summed E-state index contributed by atoms with van der Waals surface area (Å²) in [4.78, 5) is 37.6. The molecule has 1 fully saturated rings. The van der Waals surface area contributed by atoms with Crippen molar-refractivity contribution in [3.8, 4) is 0 Å². The van der Waals surface area contributed by atoms with E-state index >= 15 is 0 Å². The van der Waals surface area contributed by atoms with Gasteiger partial charge in [-0.3, -0.25) is 25.2 Å². The molecule has 2 unspecified atom stereocenters. The van der Waals surface area contributed by atoms with Gasteiger partial charge in [-0.05, 0) is 42.5 Å². The largest absolute Gasteiger partial charge is 0.290 e. The summed E-state index contributed by atoms with van der Waals surface area (Å²) in [5.74, 6) is -1.51. The van der Waals surface area contributed by atoms with Crippen LogP contribution in [0.2, 0.25) is 0 Å². The number of hydrogen-bond donors (Lipinski definition) is 2. The number of rotatable bonds is 5. The van der Waals surface area contributed by atoms with Gasteiger partial charge in [0.25, 0.3) is 11.5 Å². The lowest BCUT2D eigenvalue weighted by atomic mass is 10.1. The van der Waals surface area contributed by atoms with E-state index in [1.165, 1.54) is 16.8 Å². The number of aromatic nitrogens is 2. The van der Waals surface area contributed by atoms with Gasteiger partial charge >= 0.3 is 0 Å². The first-order valence-electron chi connectivity index (χ1n) is 9.85. The van der Waals surface area contributed by atoms with Crippen LogP contribution in [-0.4, -0.2) is 21.6 Å².